The van der Waals surface area contributed by atoms with Crippen molar-refractivity contribution in [1.82, 2.24) is 9.62 Å². The number of carbonyl (C=O) groups excluding carboxylic acids is 1. The van der Waals surface area contributed by atoms with Crippen molar-refractivity contribution < 1.29 is 13.2 Å². The van der Waals surface area contributed by atoms with E-state index in [0.29, 0.717) is 31.5 Å². The van der Waals surface area contributed by atoms with Crippen LogP contribution in [0.5, 0.6) is 0 Å². The van der Waals surface area contributed by atoms with Crippen molar-refractivity contribution >= 4 is 27.3 Å². The van der Waals surface area contributed by atoms with E-state index in [1.165, 1.54) is 11.3 Å². The third kappa shape index (κ3) is 3.80. The number of hydrogen-bond donors (Lipinski definition) is 1. The van der Waals surface area contributed by atoms with Gasteiger partial charge in [0.25, 0.3) is 5.91 Å². The van der Waals surface area contributed by atoms with Crippen LogP contribution in [0.4, 0.5) is 0 Å². The molecule has 1 aliphatic heterocycles. The molecule has 23 heavy (non-hydrogen) atoms. The van der Waals surface area contributed by atoms with E-state index in [4.69, 9.17) is 0 Å². The van der Waals surface area contributed by atoms with Gasteiger partial charge in [0.15, 0.2) is 0 Å². The number of nitrogens with zero attached hydrogens (tertiary/aromatic N) is 1. The Balaban J connectivity index is 1.58. The molecule has 0 atom stereocenters. The maximum atomic E-state index is 12.3. The Bertz CT molecular complexity index is 750. The van der Waals surface area contributed by atoms with Gasteiger partial charge in [0.05, 0.1) is 10.5 Å². The first-order valence-electron chi connectivity index (χ1n) is 7.45. The van der Waals surface area contributed by atoms with Crippen molar-refractivity contribution in [2.75, 3.05) is 13.1 Å². The summed E-state index contributed by atoms with van der Waals surface area (Å²) in [6.07, 6.45) is 1.25. The van der Waals surface area contributed by atoms with Crippen molar-refractivity contribution in [3.8, 4) is 0 Å². The lowest BCUT2D eigenvalue weighted by atomic mass is 10.1. The molecule has 0 bridgehead atoms. The number of rotatable bonds is 4. The molecule has 2 aromatic rings. The van der Waals surface area contributed by atoms with Crippen molar-refractivity contribution in [3.05, 3.63) is 52.7 Å². The molecule has 5 nitrogen and oxygen atoms in total. The number of piperidine rings is 1. The van der Waals surface area contributed by atoms with Gasteiger partial charge in [-0.2, -0.15) is 11.3 Å². The van der Waals surface area contributed by atoms with E-state index in [-0.39, 0.29) is 16.8 Å². The highest BCUT2D eigenvalue weighted by Gasteiger charge is 2.27. The minimum absolute atomic E-state index is 0.0237. The van der Waals surface area contributed by atoms with Gasteiger partial charge < -0.3 is 4.90 Å². The Morgan fingerprint density at radius 1 is 1.13 bits per heavy atom. The summed E-state index contributed by atoms with van der Waals surface area (Å²) in [5.41, 5.74) is 0.707. The summed E-state index contributed by atoms with van der Waals surface area (Å²) in [5, 5.41) is 3.72. The molecular formula is C16H18N2O3S2. The zero-order valence-corrected chi connectivity index (χ0v) is 14.1. The summed E-state index contributed by atoms with van der Waals surface area (Å²) in [7, 11) is -3.49. The standard InChI is InChI=1S/C16H18N2O3S2/c19-16(13-8-11-22-12-13)18-9-6-14(7-10-18)17-23(20,21)15-4-2-1-3-5-15/h1-5,8,11-12,14,17H,6-7,9-10H2. The van der Waals surface area contributed by atoms with Crippen LogP contribution in [0.1, 0.15) is 23.2 Å². The van der Waals surface area contributed by atoms with Crippen LogP contribution in [0.2, 0.25) is 0 Å². The highest BCUT2D eigenvalue weighted by molar-refractivity contribution is 7.89. The second-order valence-electron chi connectivity index (χ2n) is 5.51. The molecule has 0 unspecified atom stereocenters. The highest BCUT2D eigenvalue weighted by Crippen LogP contribution is 2.17. The Kier molecular flexibility index (Phi) is 4.79. The quantitative estimate of drug-likeness (QED) is 0.920. The Morgan fingerprint density at radius 2 is 1.83 bits per heavy atom. The lowest BCUT2D eigenvalue weighted by molar-refractivity contribution is 0.0712. The van der Waals surface area contributed by atoms with Crippen molar-refractivity contribution in [3.63, 3.8) is 0 Å². The molecule has 122 valence electrons. The van der Waals surface area contributed by atoms with Gasteiger partial charge in [-0.05, 0) is 36.4 Å². The molecule has 0 spiro atoms. The van der Waals surface area contributed by atoms with E-state index in [2.05, 4.69) is 4.72 Å². The van der Waals surface area contributed by atoms with E-state index in [0.717, 1.165) is 0 Å². The second-order valence-corrected chi connectivity index (χ2v) is 8.01. The van der Waals surface area contributed by atoms with E-state index in [1.807, 2.05) is 16.8 Å². The average Bonchev–Trinajstić information content (AvgIpc) is 3.10. The Labute approximate surface area is 140 Å². The maximum absolute atomic E-state index is 12.3. The first kappa shape index (κ1) is 16.2. The minimum Gasteiger partial charge on any atom is -0.339 e. The Morgan fingerprint density at radius 3 is 2.43 bits per heavy atom. The molecular weight excluding hydrogens is 332 g/mol. The lowest BCUT2D eigenvalue weighted by Gasteiger charge is -2.32. The number of hydrogen-bond acceptors (Lipinski definition) is 4. The smallest absolute Gasteiger partial charge is 0.254 e. The molecule has 1 amide bonds. The summed E-state index contributed by atoms with van der Waals surface area (Å²) in [6.45, 7) is 1.13. The molecule has 0 aliphatic carbocycles. The normalized spacial score (nSPS) is 16.4. The molecule has 0 radical (unpaired) electrons. The van der Waals surface area contributed by atoms with Crippen LogP contribution in [0.3, 0.4) is 0 Å². The average molecular weight is 350 g/mol. The first-order chi connectivity index (χ1) is 11.1. The van der Waals surface area contributed by atoms with E-state index in [1.54, 1.807) is 35.2 Å². The molecule has 7 heteroatoms. The van der Waals surface area contributed by atoms with Crippen LogP contribution in [0.25, 0.3) is 0 Å². The van der Waals surface area contributed by atoms with Gasteiger partial charge >= 0.3 is 0 Å². The predicted molar refractivity (Wildman–Crippen MR) is 90.0 cm³/mol. The zero-order valence-electron chi connectivity index (χ0n) is 12.5. The molecule has 1 N–H and O–H groups in total. The van der Waals surface area contributed by atoms with Crippen LogP contribution in [-0.4, -0.2) is 38.4 Å². The summed E-state index contributed by atoms with van der Waals surface area (Å²) < 4.78 is 27.4. The summed E-state index contributed by atoms with van der Waals surface area (Å²) >= 11 is 1.50. The third-order valence-electron chi connectivity index (χ3n) is 3.93. The third-order valence-corrected chi connectivity index (χ3v) is 6.15. The van der Waals surface area contributed by atoms with E-state index >= 15 is 0 Å². The second kappa shape index (κ2) is 6.82. The highest BCUT2D eigenvalue weighted by atomic mass is 32.2. The zero-order chi connectivity index (χ0) is 16.3. The van der Waals surface area contributed by atoms with Gasteiger partial charge in [-0.1, -0.05) is 18.2 Å². The first-order valence-corrected chi connectivity index (χ1v) is 9.88. The van der Waals surface area contributed by atoms with Crippen molar-refractivity contribution in [1.29, 1.82) is 0 Å². The topological polar surface area (TPSA) is 66.5 Å². The molecule has 2 heterocycles. The van der Waals surface area contributed by atoms with E-state index in [9.17, 15) is 13.2 Å². The van der Waals surface area contributed by atoms with Gasteiger partial charge in [0, 0.05) is 24.5 Å². The summed E-state index contributed by atoms with van der Waals surface area (Å²) in [4.78, 5) is 14.3. The minimum atomic E-state index is -3.49. The van der Waals surface area contributed by atoms with Crippen LogP contribution in [-0.2, 0) is 10.0 Å². The Hall–Kier alpha value is -1.70. The van der Waals surface area contributed by atoms with E-state index < -0.39 is 10.0 Å². The summed E-state index contributed by atoms with van der Waals surface area (Å²) in [5.74, 6) is 0.0237. The predicted octanol–water partition coefficient (Wildman–Crippen LogP) is 2.33. The van der Waals surface area contributed by atoms with Crippen LogP contribution < -0.4 is 4.72 Å². The van der Waals surface area contributed by atoms with Crippen LogP contribution >= 0.6 is 11.3 Å². The fourth-order valence-electron chi connectivity index (χ4n) is 2.66. The molecule has 1 aromatic heterocycles. The number of likely N-dealkylation sites (tertiary alicyclic amines) is 1. The van der Waals surface area contributed by atoms with Crippen LogP contribution in [0, 0.1) is 0 Å². The number of thiophene rings is 1. The van der Waals surface area contributed by atoms with Crippen LogP contribution in [0.15, 0.2) is 52.1 Å². The number of benzene rings is 1. The van der Waals surface area contributed by atoms with Crippen molar-refractivity contribution in [2.24, 2.45) is 0 Å². The molecule has 3 rings (SSSR count). The summed E-state index contributed by atoms with van der Waals surface area (Å²) in [6, 6.07) is 10.0. The SMILES string of the molecule is O=C(c1ccsc1)N1CCC(NS(=O)(=O)c2ccccc2)CC1. The molecule has 0 saturated carbocycles. The monoisotopic (exact) mass is 350 g/mol. The van der Waals surface area contributed by atoms with Gasteiger partial charge in [-0.3, -0.25) is 4.79 Å². The molecule has 1 fully saturated rings. The molecule has 1 aromatic carbocycles. The van der Waals surface area contributed by atoms with Gasteiger partial charge in [0.1, 0.15) is 0 Å². The van der Waals surface area contributed by atoms with Gasteiger partial charge in [-0.15, -0.1) is 0 Å². The number of nitrogens with one attached hydrogen (secondary N) is 1. The fourth-order valence-corrected chi connectivity index (χ4v) is 4.61. The number of sulfonamides is 1. The fraction of sp³-hybridized carbons (Fsp3) is 0.312. The van der Waals surface area contributed by atoms with Gasteiger partial charge in [-0.25, -0.2) is 13.1 Å². The largest absolute Gasteiger partial charge is 0.339 e. The van der Waals surface area contributed by atoms with Gasteiger partial charge in [0.2, 0.25) is 10.0 Å². The molecule has 1 aliphatic rings. The maximum Gasteiger partial charge on any atom is 0.254 e. The number of carbonyl (C=O) groups is 1. The number of amides is 1. The lowest BCUT2D eigenvalue weighted by Crippen LogP contribution is -2.46. The molecule has 1 saturated heterocycles. The van der Waals surface area contributed by atoms with Crippen molar-refractivity contribution in [2.45, 2.75) is 23.8 Å².